The van der Waals surface area contributed by atoms with E-state index in [9.17, 15) is 9.59 Å². The minimum absolute atomic E-state index is 0.0990. The van der Waals surface area contributed by atoms with Gasteiger partial charge in [0.05, 0.1) is 19.3 Å². The number of fused-ring (bicyclic) bond motifs is 1. The largest absolute Gasteiger partial charge is 0.354 e. The zero-order chi connectivity index (χ0) is 20.2. The van der Waals surface area contributed by atoms with Gasteiger partial charge in [-0.3, -0.25) is 14.2 Å². The normalized spacial score (nSPS) is 14.5. The highest BCUT2D eigenvalue weighted by Gasteiger charge is 2.18. The lowest BCUT2D eigenvalue weighted by atomic mass is 10.0. The fourth-order valence-corrected chi connectivity index (χ4v) is 4.09. The van der Waals surface area contributed by atoms with Gasteiger partial charge >= 0.3 is 0 Å². The van der Waals surface area contributed by atoms with Crippen LogP contribution >= 0.6 is 0 Å². The molecule has 152 valence electrons. The van der Waals surface area contributed by atoms with Crippen molar-refractivity contribution in [1.29, 1.82) is 0 Å². The van der Waals surface area contributed by atoms with Crippen LogP contribution in [0.25, 0.3) is 11.0 Å². The van der Waals surface area contributed by atoms with Gasteiger partial charge in [-0.05, 0) is 36.8 Å². The SMILES string of the molecule is Cc1ccccc1Cn1cnc2c(cnn2CCNC(=O)CC2CCCC2)c1=O. The molecule has 7 heteroatoms. The van der Waals surface area contributed by atoms with Crippen molar-refractivity contribution in [1.82, 2.24) is 24.6 Å². The molecule has 1 amide bonds. The van der Waals surface area contributed by atoms with Crippen molar-refractivity contribution in [3.63, 3.8) is 0 Å². The summed E-state index contributed by atoms with van der Waals surface area (Å²) in [6.45, 7) is 3.49. The summed E-state index contributed by atoms with van der Waals surface area (Å²) in [4.78, 5) is 29.4. The smallest absolute Gasteiger partial charge is 0.264 e. The Morgan fingerprint density at radius 1 is 1.24 bits per heavy atom. The maximum atomic E-state index is 12.8. The summed E-state index contributed by atoms with van der Waals surface area (Å²) in [6.07, 6.45) is 8.56. The zero-order valence-electron chi connectivity index (χ0n) is 16.8. The molecule has 0 atom stereocenters. The number of nitrogens with zero attached hydrogens (tertiary/aromatic N) is 4. The summed E-state index contributed by atoms with van der Waals surface area (Å²) in [5.74, 6) is 0.635. The predicted octanol–water partition coefficient (Wildman–Crippen LogP) is 2.65. The molecular weight excluding hydrogens is 366 g/mol. The highest BCUT2D eigenvalue weighted by Crippen LogP contribution is 2.27. The van der Waals surface area contributed by atoms with Crippen LogP contribution in [0.1, 0.15) is 43.2 Å². The number of aromatic nitrogens is 4. The number of hydrogen-bond acceptors (Lipinski definition) is 4. The first-order valence-corrected chi connectivity index (χ1v) is 10.3. The van der Waals surface area contributed by atoms with Crippen molar-refractivity contribution >= 4 is 16.9 Å². The third-order valence-electron chi connectivity index (χ3n) is 5.82. The van der Waals surface area contributed by atoms with Gasteiger partial charge in [-0.25, -0.2) is 9.67 Å². The molecule has 1 fully saturated rings. The molecule has 1 saturated carbocycles. The standard InChI is InChI=1S/C22H27N5O2/c1-16-6-2-5-9-18(16)14-26-15-24-21-19(22(26)29)13-25-27(21)11-10-23-20(28)12-17-7-3-4-8-17/h2,5-6,9,13,15,17H,3-4,7-8,10-12,14H2,1H3,(H,23,28). The first kappa shape index (κ1) is 19.4. The molecule has 1 aromatic carbocycles. The third-order valence-corrected chi connectivity index (χ3v) is 5.82. The Labute approximate surface area is 169 Å². The second-order valence-corrected chi connectivity index (χ2v) is 7.91. The number of amides is 1. The number of nitrogens with one attached hydrogen (secondary N) is 1. The summed E-state index contributed by atoms with van der Waals surface area (Å²) in [6, 6.07) is 8.01. The van der Waals surface area contributed by atoms with E-state index in [1.807, 2.05) is 31.2 Å². The molecule has 2 aromatic heterocycles. The van der Waals surface area contributed by atoms with Crippen molar-refractivity contribution in [2.45, 2.75) is 52.1 Å². The summed E-state index contributed by atoms with van der Waals surface area (Å²) in [7, 11) is 0. The van der Waals surface area contributed by atoms with E-state index in [4.69, 9.17) is 0 Å². The zero-order valence-corrected chi connectivity index (χ0v) is 16.8. The average Bonchev–Trinajstić information content (AvgIpc) is 3.36. The lowest BCUT2D eigenvalue weighted by Crippen LogP contribution is -2.29. The Morgan fingerprint density at radius 3 is 2.83 bits per heavy atom. The van der Waals surface area contributed by atoms with Gasteiger partial charge in [0.15, 0.2) is 5.65 Å². The van der Waals surface area contributed by atoms with E-state index in [2.05, 4.69) is 15.4 Å². The lowest BCUT2D eigenvalue weighted by Gasteiger charge is -2.10. The van der Waals surface area contributed by atoms with Gasteiger partial charge < -0.3 is 5.32 Å². The van der Waals surface area contributed by atoms with Crippen LogP contribution in [0.2, 0.25) is 0 Å². The number of carbonyl (C=O) groups excluding carboxylic acids is 1. The van der Waals surface area contributed by atoms with Gasteiger partial charge in [0, 0.05) is 13.0 Å². The monoisotopic (exact) mass is 393 g/mol. The number of carbonyl (C=O) groups is 1. The Morgan fingerprint density at radius 2 is 2.03 bits per heavy atom. The minimum Gasteiger partial charge on any atom is -0.354 e. The first-order valence-electron chi connectivity index (χ1n) is 10.3. The van der Waals surface area contributed by atoms with Crippen LogP contribution < -0.4 is 10.9 Å². The highest BCUT2D eigenvalue weighted by atomic mass is 16.1. The molecule has 4 rings (SSSR count). The molecule has 0 unspecified atom stereocenters. The molecule has 1 aliphatic carbocycles. The molecule has 0 aliphatic heterocycles. The van der Waals surface area contributed by atoms with Crippen LogP contribution in [-0.2, 0) is 17.9 Å². The Bertz CT molecular complexity index is 1060. The van der Waals surface area contributed by atoms with E-state index in [0.717, 1.165) is 24.0 Å². The van der Waals surface area contributed by atoms with Crippen LogP contribution in [0.4, 0.5) is 0 Å². The second-order valence-electron chi connectivity index (χ2n) is 7.91. The van der Waals surface area contributed by atoms with E-state index < -0.39 is 0 Å². The summed E-state index contributed by atoms with van der Waals surface area (Å²) < 4.78 is 3.30. The van der Waals surface area contributed by atoms with Crippen LogP contribution in [0.15, 0.2) is 41.6 Å². The fourth-order valence-electron chi connectivity index (χ4n) is 4.09. The molecule has 2 heterocycles. The Hall–Kier alpha value is -2.96. The molecule has 0 bridgehead atoms. The van der Waals surface area contributed by atoms with Crippen molar-refractivity contribution in [3.8, 4) is 0 Å². The van der Waals surface area contributed by atoms with Crippen molar-refractivity contribution in [3.05, 3.63) is 58.3 Å². The van der Waals surface area contributed by atoms with Crippen LogP contribution in [0, 0.1) is 12.8 Å². The average molecular weight is 393 g/mol. The van der Waals surface area contributed by atoms with Gasteiger partial charge in [0.25, 0.3) is 5.56 Å². The lowest BCUT2D eigenvalue weighted by molar-refractivity contribution is -0.122. The van der Waals surface area contributed by atoms with Crippen LogP contribution in [0.3, 0.4) is 0 Å². The maximum Gasteiger partial charge on any atom is 0.264 e. The van der Waals surface area contributed by atoms with Gasteiger partial charge in [-0.1, -0.05) is 37.1 Å². The number of rotatable bonds is 7. The maximum absolute atomic E-state index is 12.8. The predicted molar refractivity (Wildman–Crippen MR) is 112 cm³/mol. The fraction of sp³-hybridized carbons (Fsp3) is 0.455. The van der Waals surface area contributed by atoms with Crippen molar-refractivity contribution < 1.29 is 4.79 Å². The molecular formula is C22H27N5O2. The van der Waals surface area contributed by atoms with E-state index in [0.29, 0.717) is 43.0 Å². The molecule has 3 aromatic rings. The van der Waals surface area contributed by atoms with Crippen molar-refractivity contribution in [2.24, 2.45) is 5.92 Å². The van der Waals surface area contributed by atoms with E-state index in [-0.39, 0.29) is 11.5 Å². The molecule has 0 spiro atoms. The minimum atomic E-state index is -0.102. The van der Waals surface area contributed by atoms with Gasteiger partial charge in [0.1, 0.15) is 11.7 Å². The van der Waals surface area contributed by atoms with Crippen LogP contribution in [0.5, 0.6) is 0 Å². The van der Waals surface area contributed by atoms with Gasteiger partial charge in [-0.15, -0.1) is 0 Å². The first-order chi connectivity index (χ1) is 14.1. The summed E-state index contributed by atoms with van der Waals surface area (Å²) in [5.41, 5.74) is 2.69. The second kappa shape index (κ2) is 8.59. The number of hydrogen-bond donors (Lipinski definition) is 1. The van der Waals surface area contributed by atoms with Gasteiger partial charge in [-0.2, -0.15) is 5.10 Å². The Balaban J connectivity index is 1.41. The molecule has 1 aliphatic rings. The number of benzene rings is 1. The summed E-state index contributed by atoms with van der Waals surface area (Å²) in [5, 5.41) is 7.78. The Kier molecular flexibility index (Phi) is 5.74. The number of aryl methyl sites for hydroxylation is 1. The van der Waals surface area contributed by atoms with E-state index >= 15 is 0 Å². The highest BCUT2D eigenvalue weighted by molar-refractivity contribution is 5.76. The molecule has 0 saturated heterocycles. The quantitative estimate of drug-likeness (QED) is 0.669. The van der Waals surface area contributed by atoms with E-state index in [1.165, 1.54) is 12.8 Å². The molecule has 7 nitrogen and oxygen atoms in total. The third kappa shape index (κ3) is 4.39. The molecule has 0 radical (unpaired) electrons. The van der Waals surface area contributed by atoms with Gasteiger partial charge in [0.2, 0.25) is 5.91 Å². The van der Waals surface area contributed by atoms with Crippen LogP contribution in [-0.4, -0.2) is 31.8 Å². The topological polar surface area (TPSA) is 81.8 Å². The molecule has 29 heavy (non-hydrogen) atoms. The van der Waals surface area contributed by atoms with Crippen molar-refractivity contribution in [2.75, 3.05) is 6.54 Å². The van der Waals surface area contributed by atoms with E-state index in [1.54, 1.807) is 21.8 Å². The molecule has 1 N–H and O–H groups in total. The summed E-state index contributed by atoms with van der Waals surface area (Å²) >= 11 is 0.